The largest absolute Gasteiger partial charge is 0.311 e. The lowest BCUT2D eigenvalue weighted by molar-refractivity contribution is 0.0454. The normalized spacial score (nSPS) is 30.7. The minimum Gasteiger partial charge on any atom is -0.311 e. The molecular formula is C15H32N2. The van der Waals surface area contributed by atoms with Gasteiger partial charge in [0.2, 0.25) is 0 Å². The average molecular weight is 240 g/mol. The Kier molecular flexibility index (Phi) is 6.50. The summed E-state index contributed by atoms with van der Waals surface area (Å²) in [5, 5.41) is 3.74. The predicted molar refractivity (Wildman–Crippen MR) is 76.5 cm³/mol. The highest BCUT2D eigenvalue weighted by atomic mass is 15.3. The van der Waals surface area contributed by atoms with Gasteiger partial charge in [0.1, 0.15) is 0 Å². The SMILES string of the molecule is CCCCCN1CC(CCC)NCC1(C)CC. The first-order valence-electron chi connectivity index (χ1n) is 7.64. The van der Waals surface area contributed by atoms with E-state index in [1.54, 1.807) is 0 Å². The van der Waals surface area contributed by atoms with Crippen LogP contribution in [0.3, 0.4) is 0 Å². The molecule has 2 atom stereocenters. The summed E-state index contributed by atoms with van der Waals surface area (Å²) in [6.45, 7) is 13.0. The molecule has 0 bridgehead atoms. The zero-order valence-electron chi connectivity index (χ0n) is 12.4. The second-order valence-corrected chi connectivity index (χ2v) is 5.87. The summed E-state index contributed by atoms with van der Waals surface area (Å²) in [7, 11) is 0. The lowest BCUT2D eigenvalue weighted by Gasteiger charge is -2.48. The highest BCUT2D eigenvalue weighted by Crippen LogP contribution is 2.24. The van der Waals surface area contributed by atoms with Crippen LogP contribution in [0.15, 0.2) is 0 Å². The number of nitrogens with zero attached hydrogens (tertiary/aromatic N) is 1. The molecule has 2 nitrogen and oxygen atoms in total. The van der Waals surface area contributed by atoms with Gasteiger partial charge in [-0.2, -0.15) is 0 Å². The van der Waals surface area contributed by atoms with Gasteiger partial charge in [0.15, 0.2) is 0 Å². The third kappa shape index (κ3) is 4.26. The Hall–Kier alpha value is -0.0800. The maximum absolute atomic E-state index is 3.74. The molecule has 2 unspecified atom stereocenters. The van der Waals surface area contributed by atoms with Gasteiger partial charge in [-0.3, -0.25) is 4.90 Å². The number of hydrogen-bond donors (Lipinski definition) is 1. The Balaban J connectivity index is 2.50. The van der Waals surface area contributed by atoms with Crippen LogP contribution in [0.5, 0.6) is 0 Å². The van der Waals surface area contributed by atoms with Gasteiger partial charge in [0, 0.05) is 24.7 Å². The molecule has 0 aromatic rings. The second kappa shape index (κ2) is 7.38. The number of unbranched alkanes of at least 4 members (excludes halogenated alkanes) is 2. The number of piperazine rings is 1. The van der Waals surface area contributed by atoms with E-state index in [1.807, 2.05) is 0 Å². The minimum atomic E-state index is 0.387. The lowest BCUT2D eigenvalue weighted by Crippen LogP contribution is -2.63. The molecule has 0 amide bonds. The smallest absolute Gasteiger partial charge is 0.0303 e. The molecule has 102 valence electrons. The molecule has 0 spiro atoms. The van der Waals surface area contributed by atoms with Crippen LogP contribution < -0.4 is 5.32 Å². The molecule has 0 radical (unpaired) electrons. The van der Waals surface area contributed by atoms with Crippen LogP contribution in [-0.4, -0.2) is 36.1 Å². The van der Waals surface area contributed by atoms with Crippen molar-refractivity contribution >= 4 is 0 Å². The monoisotopic (exact) mass is 240 g/mol. The summed E-state index contributed by atoms with van der Waals surface area (Å²) in [4.78, 5) is 2.75. The molecule has 1 saturated heterocycles. The molecule has 0 saturated carbocycles. The van der Waals surface area contributed by atoms with Gasteiger partial charge in [-0.25, -0.2) is 0 Å². The fraction of sp³-hybridized carbons (Fsp3) is 1.00. The summed E-state index contributed by atoms with van der Waals surface area (Å²) in [6.07, 6.45) is 7.94. The molecule has 0 aromatic heterocycles. The Labute approximate surface area is 108 Å². The molecule has 17 heavy (non-hydrogen) atoms. The highest BCUT2D eigenvalue weighted by molar-refractivity contribution is 4.94. The van der Waals surface area contributed by atoms with Crippen molar-refractivity contribution in [1.29, 1.82) is 0 Å². The van der Waals surface area contributed by atoms with Gasteiger partial charge < -0.3 is 5.32 Å². The molecule has 1 heterocycles. The fourth-order valence-corrected chi connectivity index (χ4v) is 2.83. The average Bonchev–Trinajstić information content (AvgIpc) is 2.34. The van der Waals surface area contributed by atoms with Gasteiger partial charge in [-0.15, -0.1) is 0 Å². The Morgan fingerprint density at radius 1 is 1.18 bits per heavy atom. The molecule has 1 fully saturated rings. The molecule has 2 heteroatoms. The molecular weight excluding hydrogens is 208 g/mol. The van der Waals surface area contributed by atoms with Crippen molar-refractivity contribution in [3.8, 4) is 0 Å². The van der Waals surface area contributed by atoms with E-state index in [9.17, 15) is 0 Å². The van der Waals surface area contributed by atoms with Crippen LogP contribution in [0.2, 0.25) is 0 Å². The topological polar surface area (TPSA) is 15.3 Å². The van der Waals surface area contributed by atoms with Gasteiger partial charge in [0.05, 0.1) is 0 Å². The van der Waals surface area contributed by atoms with Gasteiger partial charge in [0.25, 0.3) is 0 Å². The summed E-state index contributed by atoms with van der Waals surface area (Å²) >= 11 is 0. The van der Waals surface area contributed by atoms with Crippen LogP contribution >= 0.6 is 0 Å². The summed E-state index contributed by atoms with van der Waals surface area (Å²) in [6, 6.07) is 0.723. The first kappa shape index (κ1) is 15.0. The van der Waals surface area contributed by atoms with Crippen molar-refractivity contribution in [1.82, 2.24) is 10.2 Å². The van der Waals surface area contributed by atoms with E-state index < -0.39 is 0 Å². The van der Waals surface area contributed by atoms with Crippen LogP contribution in [-0.2, 0) is 0 Å². The lowest BCUT2D eigenvalue weighted by atomic mass is 9.91. The minimum absolute atomic E-state index is 0.387. The van der Waals surface area contributed by atoms with Crippen LogP contribution in [0.4, 0.5) is 0 Å². The van der Waals surface area contributed by atoms with Crippen molar-refractivity contribution in [3.05, 3.63) is 0 Å². The Morgan fingerprint density at radius 3 is 2.53 bits per heavy atom. The van der Waals surface area contributed by atoms with E-state index in [0.717, 1.165) is 6.04 Å². The highest BCUT2D eigenvalue weighted by Gasteiger charge is 2.35. The van der Waals surface area contributed by atoms with Crippen molar-refractivity contribution in [2.45, 2.75) is 77.8 Å². The third-order valence-corrected chi connectivity index (χ3v) is 4.41. The van der Waals surface area contributed by atoms with Crippen LogP contribution in [0.25, 0.3) is 0 Å². The standard InChI is InChI=1S/C15H32N2/c1-5-8-9-11-17-12-14(10-6-2)16-13-15(17,4)7-3/h14,16H,5-13H2,1-4H3. The zero-order valence-corrected chi connectivity index (χ0v) is 12.4. The van der Waals surface area contributed by atoms with Crippen molar-refractivity contribution in [2.75, 3.05) is 19.6 Å². The van der Waals surface area contributed by atoms with Gasteiger partial charge in [-0.05, 0) is 32.7 Å². The van der Waals surface area contributed by atoms with Crippen molar-refractivity contribution < 1.29 is 0 Å². The molecule has 1 rings (SSSR count). The molecule has 0 aromatic carbocycles. The van der Waals surface area contributed by atoms with Gasteiger partial charge >= 0.3 is 0 Å². The Morgan fingerprint density at radius 2 is 1.94 bits per heavy atom. The number of hydrogen-bond acceptors (Lipinski definition) is 2. The van der Waals surface area contributed by atoms with E-state index in [2.05, 4.69) is 37.9 Å². The maximum Gasteiger partial charge on any atom is 0.0303 e. The fourth-order valence-electron chi connectivity index (χ4n) is 2.83. The quantitative estimate of drug-likeness (QED) is 0.686. The summed E-state index contributed by atoms with van der Waals surface area (Å²) < 4.78 is 0. The summed E-state index contributed by atoms with van der Waals surface area (Å²) in [5.74, 6) is 0. The van der Waals surface area contributed by atoms with Crippen LogP contribution in [0.1, 0.15) is 66.2 Å². The van der Waals surface area contributed by atoms with E-state index in [0.29, 0.717) is 5.54 Å². The van der Waals surface area contributed by atoms with E-state index in [1.165, 1.54) is 58.2 Å². The molecule has 0 aliphatic carbocycles. The summed E-state index contributed by atoms with van der Waals surface area (Å²) in [5.41, 5.74) is 0.387. The van der Waals surface area contributed by atoms with Gasteiger partial charge in [-0.1, -0.05) is 40.0 Å². The van der Waals surface area contributed by atoms with E-state index in [-0.39, 0.29) is 0 Å². The molecule has 1 N–H and O–H groups in total. The predicted octanol–water partition coefficient (Wildman–Crippen LogP) is 3.42. The Bertz CT molecular complexity index is 205. The number of nitrogens with one attached hydrogen (secondary N) is 1. The first-order chi connectivity index (χ1) is 8.16. The van der Waals surface area contributed by atoms with Crippen molar-refractivity contribution in [3.63, 3.8) is 0 Å². The van der Waals surface area contributed by atoms with Crippen LogP contribution in [0, 0.1) is 0 Å². The second-order valence-electron chi connectivity index (χ2n) is 5.87. The molecule has 1 aliphatic heterocycles. The zero-order chi connectivity index (χ0) is 12.7. The first-order valence-corrected chi connectivity index (χ1v) is 7.64. The van der Waals surface area contributed by atoms with Crippen molar-refractivity contribution in [2.24, 2.45) is 0 Å². The van der Waals surface area contributed by atoms with E-state index in [4.69, 9.17) is 0 Å². The molecule has 1 aliphatic rings. The number of rotatable bonds is 7. The third-order valence-electron chi connectivity index (χ3n) is 4.41. The van der Waals surface area contributed by atoms with E-state index >= 15 is 0 Å². The maximum atomic E-state index is 3.74.